The maximum absolute atomic E-state index is 10.7. The number of aliphatic hydroxyl groups is 3. The van der Waals surface area contributed by atoms with Crippen molar-refractivity contribution in [1.82, 2.24) is 11.1 Å². The average Bonchev–Trinajstić information content (AvgIpc) is 3.81. The zero-order chi connectivity index (χ0) is 25.9. The van der Waals surface area contributed by atoms with Crippen molar-refractivity contribution in [3.8, 4) is 0 Å². The van der Waals surface area contributed by atoms with E-state index in [4.69, 9.17) is 4.74 Å². The lowest BCUT2D eigenvalue weighted by Crippen LogP contribution is -2.36. The van der Waals surface area contributed by atoms with Crippen LogP contribution in [0.5, 0.6) is 0 Å². The summed E-state index contributed by atoms with van der Waals surface area (Å²) in [7, 11) is 0. The van der Waals surface area contributed by atoms with Crippen LogP contribution in [0.3, 0.4) is 0 Å². The van der Waals surface area contributed by atoms with Crippen LogP contribution in [-0.2, 0) is 4.74 Å². The van der Waals surface area contributed by atoms with Crippen LogP contribution >= 0.6 is 0 Å². The van der Waals surface area contributed by atoms with E-state index in [1.165, 1.54) is 5.56 Å². The molecule has 4 atom stereocenters. The molecule has 1 aliphatic heterocycles. The number of nitrogens with zero attached hydrogens (tertiary/aromatic N) is 1. The number of ether oxygens (including phenoxy) is 1. The Morgan fingerprint density at radius 2 is 0.842 bits per heavy atom. The number of aliphatic hydroxyl groups excluding tert-OH is 3. The van der Waals surface area contributed by atoms with Crippen LogP contribution in [0.15, 0.2) is 121 Å². The predicted molar refractivity (Wildman–Crippen MR) is 151 cm³/mol. The second kappa shape index (κ2) is 15.1. The lowest BCUT2D eigenvalue weighted by molar-refractivity contribution is 0.0370. The van der Waals surface area contributed by atoms with Gasteiger partial charge in [0.2, 0.25) is 0 Å². The van der Waals surface area contributed by atoms with Crippen molar-refractivity contribution in [1.29, 1.82) is 0 Å². The van der Waals surface area contributed by atoms with E-state index in [9.17, 15) is 15.3 Å². The highest BCUT2D eigenvalue weighted by molar-refractivity contribution is 5.21. The first-order chi connectivity index (χ1) is 18.1. The van der Waals surface area contributed by atoms with E-state index in [0.29, 0.717) is 25.7 Å². The van der Waals surface area contributed by atoms with Gasteiger partial charge in [-0.3, -0.25) is 4.90 Å². The summed E-state index contributed by atoms with van der Waals surface area (Å²) in [6.45, 7) is 1.86. The molecule has 5 rings (SSSR count). The molecule has 38 heavy (non-hydrogen) atoms. The van der Waals surface area contributed by atoms with E-state index in [2.05, 4.69) is 12.1 Å². The van der Waals surface area contributed by atoms with Crippen molar-refractivity contribution in [2.24, 2.45) is 0 Å². The third-order valence-electron chi connectivity index (χ3n) is 6.35. The molecular formula is C32H38N2O4. The van der Waals surface area contributed by atoms with Crippen LogP contribution < -0.4 is 6.15 Å². The van der Waals surface area contributed by atoms with Crippen LogP contribution in [-0.4, -0.2) is 46.5 Å². The fourth-order valence-corrected chi connectivity index (χ4v) is 4.21. The summed E-state index contributed by atoms with van der Waals surface area (Å²) in [5.41, 5.74) is 3.75. The molecule has 6 heteroatoms. The smallest absolute Gasteiger partial charge is 0.106 e. The number of epoxide rings is 1. The van der Waals surface area contributed by atoms with E-state index in [1.807, 2.05) is 114 Å². The van der Waals surface area contributed by atoms with Gasteiger partial charge in [0.25, 0.3) is 0 Å². The summed E-state index contributed by atoms with van der Waals surface area (Å²) in [5, 5.41) is 32.0. The fraction of sp³-hybridized carbons (Fsp3) is 0.250. The van der Waals surface area contributed by atoms with Crippen LogP contribution in [0.1, 0.15) is 46.7 Å². The molecule has 1 aliphatic rings. The maximum atomic E-state index is 10.7. The van der Waals surface area contributed by atoms with Crippen molar-refractivity contribution in [3.05, 3.63) is 144 Å². The van der Waals surface area contributed by atoms with Gasteiger partial charge in [0.1, 0.15) is 6.10 Å². The molecule has 0 aromatic heterocycles. The molecule has 1 fully saturated rings. The molecule has 6 nitrogen and oxygen atoms in total. The summed E-state index contributed by atoms with van der Waals surface area (Å²) in [6, 6.07) is 38.6. The first-order valence-corrected chi connectivity index (χ1v) is 12.7. The number of benzene rings is 4. The molecule has 0 amide bonds. The van der Waals surface area contributed by atoms with Gasteiger partial charge in [-0.1, -0.05) is 121 Å². The van der Waals surface area contributed by atoms with Crippen molar-refractivity contribution < 1.29 is 20.1 Å². The molecule has 0 bridgehead atoms. The SMILES string of the molecule is N.O[C@H](CN(C[C@H](O)c1ccccc1)C[C@H](O)c1ccccc1)c1ccccc1.c1ccc([C@@H]2CO2)cc1. The highest BCUT2D eigenvalue weighted by Gasteiger charge is 2.23. The summed E-state index contributed by atoms with van der Waals surface area (Å²) < 4.78 is 5.09. The van der Waals surface area contributed by atoms with Gasteiger partial charge in [-0.15, -0.1) is 0 Å². The second-order valence-corrected chi connectivity index (χ2v) is 9.23. The lowest BCUT2D eigenvalue weighted by Gasteiger charge is -2.29. The van der Waals surface area contributed by atoms with E-state index in [1.54, 1.807) is 0 Å². The molecular weight excluding hydrogens is 476 g/mol. The minimum Gasteiger partial charge on any atom is -0.387 e. The van der Waals surface area contributed by atoms with Crippen LogP contribution in [0.2, 0.25) is 0 Å². The molecule has 0 radical (unpaired) electrons. The molecule has 0 unspecified atom stereocenters. The van der Waals surface area contributed by atoms with Crippen molar-refractivity contribution >= 4 is 0 Å². The first kappa shape index (κ1) is 29.2. The Labute approximate surface area is 225 Å². The highest BCUT2D eigenvalue weighted by Crippen LogP contribution is 2.28. The number of hydrogen-bond acceptors (Lipinski definition) is 6. The van der Waals surface area contributed by atoms with E-state index in [-0.39, 0.29) is 6.15 Å². The average molecular weight is 515 g/mol. The Hall–Kier alpha value is -3.36. The Morgan fingerprint density at radius 1 is 0.553 bits per heavy atom. The van der Waals surface area contributed by atoms with E-state index >= 15 is 0 Å². The van der Waals surface area contributed by atoms with E-state index in [0.717, 1.165) is 23.3 Å². The summed E-state index contributed by atoms with van der Waals surface area (Å²) in [6.07, 6.45) is -1.70. The van der Waals surface area contributed by atoms with Gasteiger partial charge in [-0.2, -0.15) is 0 Å². The molecule has 0 saturated carbocycles. The molecule has 6 N–H and O–H groups in total. The zero-order valence-corrected chi connectivity index (χ0v) is 21.6. The van der Waals surface area contributed by atoms with Crippen molar-refractivity contribution in [2.75, 3.05) is 26.2 Å². The molecule has 1 heterocycles. The molecule has 200 valence electrons. The molecule has 0 spiro atoms. The van der Waals surface area contributed by atoms with E-state index < -0.39 is 18.3 Å². The van der Waals surface area contributed by atoms with Crippen LogP contribution in [0.25, 0.3) is 0 Å². The molecule has 4 aromatic carbocycles. The first-order valence-electron chi connectivity index (χ1n) is 12.7. The van der Waals surface area contributed by atoms with Crippen molar-refractivity contribution in [2.45, 2.75) is 24.4 Å². The van der Waals surface area contributed by atoms with Gasteiger partial charge in [0, 0.05) is 19.6 Å². The highest BCUT2D eigenvalue weighted by atomic mass is 16.6. The van der Waals surface area contributed by atoms with Crippen LogP contribution in [0, 0.1) is 0 Å². The van der Waals surface area contributed by atoms with Gasteiger partial charge in [-0.05, 0) is 22.3 Å². The third-order valence-corrected chi connectivity index (χ3v) is 6.35. The quantitative estimate of drug-likeness (QED) is 0.211. The molecule has 4 aromatic rings. The lowest BCUT2D eigenvalue weighted by atomic mass is 10.1. The standard InChI is InChI=1S/C24H27NO3.C8H8O.H3N/c26-22(19-10-4-1-5-11-19)16-25(17-23(27)20-12-6-2-7-13-20)18-24(28)21-14-8-3-9-15-21;1-2-4-7(5-3-1)8-6-9-8;/h1-15,22-24,26-28H,16-18H2;1-5,8H,6H2;1H3/t22-,23-,24+;8-;/m00./s1. The normalized spacial score (nSPS) is 16.4. The van der Waals surface area contributed by atoms with Crippen LogP contribution in [0.4, 0.5) is 0 Å². The number of hydrogen-bond donors (Lipinski definition) is 4. The Bertz CT molecular complexity index is 1050. The van der Waals surface area contributed by atoms with Gasteiger partial charge in [-0.25, -0.2) is 0 Å². The third kappa shape index (κ3) is 9.19. The maximum Gasteiger partial charge on any atom is 0.106 e. The Morgan fingerprint density at radius 3 is 1.13 bits per heavy atom. The van der Waals surface area contributed by atoms with Gasteiger partial charge in [0.05, 0.1) is 24.9 Å². The predicted octanol–water partition coefficient (Wildman–Crippen LogP) is 5.41. The topological polar surface area (TPSA) is 111 Å². The second-order valence-electron chi connectivity index (χ2n) is 9.23. The van der Waals surface area contributed by atoms with Gasteiger partial charge < -0.3 is 26.2 Å². The Balaban J connectivity index is 0.000000334. The van der Waals surface area contributed by atoms with Crippen molar-refractivity contribution in [3.63, 3.8) is 0 Å². The van der Waals surface area contributed by atoms with Gasteiger partial charge in [0.15, 0.2) is 0 Å². The zero-order valence-electron chi connectivity index (χ0n) is 21.6. The molecule has 1 saturated heterocycles. The Kier molecular flexibility index (Phi) is 11.6. The largest absolute Gasteiger partial charge is 0.387 e. The summed E-state index contributed by atoms with van der Waals surface area (Å²) >= 11 is 0. The molecule has 0 aliphatic carbocycles. The number of rotatable bonds is 10. The fourth-order valence-electron chi connectivity index (χ4n) is 4.21. The monoisotopic (exact) mass is 514 g/mol. The minimum atomic E-state index is -0.702. The summed E-state index contributed by atoms with van der Waals surface area (Å²) in [4.78, 5) is 1.91. The summed E-state index contributed by atoms with van der Waals surface area (Å²) in [5.74, 6) is 0. The van der Waals surface area contributed by atoms with Gasteiger partial charge >= 0.3 is 0 Å². The minimum absolute atomic E-state index is 0.